The fourth-order valence-electron chi connectivity index (χ4n) is 1.77. The Bertz CT molecular complexity index is 585. The van der Waals surface area contributed by atoms with Crippen LogP contribution in [-0.4, -0.2) is 34.7 Å². The summed E-state index contributed by atoms with van der Waals surface area (Å²) in [6, 6.07) is 2.12. The van der Waals surface area contributed by atoms with Gasteiger partial charge in [0.25, 0.3) is 0 Å². The fraction of sp³-hybridized carbons (Fsp3) is 0.462. The highest BCUT2D eigenvalue weighted by Crippen LogP contribution is 2.30. The molecule has 1 amide bonds. The van der Waals surface area contributed by atoms with E-state index in [1.807, 2.05) is 0 Å². The smallest absolute Gasteiger partial charge is 0.220 e. The van der Waals surface area contributed by atoms with Crippen LogP contribution in [0.25, 0.3) is 10.2 Å². The molecule has 0 saturated carbocycles. The van der Waals surface area contributed by atoms with Gasteiger partial charge in [-0.15, -0.1) is 23.1 Å². The molecule has 0 aliphatic carbocycles. The summed E-state index contributed by atoms with van der Waals surface area (Å²) in [4.78, 5) is 22.3. The molecule has 20 heavy (non-hydrogen) atoms. The molecule has 0 radical (unpaired) electrons. The van der Waals surface area contributed by atoms with Crippen molar-refractivity contribution >= 4 is 39.2 Å². The van der Waals surface area contributed by atoms with Crippen LogP contribution in [0.15, 0.2) is 17.4 Å². The van der Waals surface area contributed by atoms with E-state index in [0.717, 1.165) is 27.4 Å². The molecule has 0 spiro atoms. The lowest BCUT2D eigenvalue weighted by Gasteiger charge is -2.03. The number of aryl methyl sites for hydroxylation is 1. The van der Waals surface area contributed by atoms with Crippen LogP contribution in [0.1, 0.15) is 17.7 Å². The van der Waals surface area contributed by atoms with Crippen molar-refractivity contribution in [1.29, 1.82) is 0 Å². The first kappa shape index (κ1) is 15.2. The van der Waals surface area contributed by atoms with E-state index in [9.17, 15) is 4.79 Å². The number of amides is 1. The molecule has 2 aromatic heterocycles. The number of thiophene rings is 1. The SMILES string of the molecule is Cc1cc2c(SCCCC(=O)NCCN)ncnc2s1. The van der Waals surface area contributed by atoms with Gasteiger partial charge in [0.2, 0.25) is 5.91 Å². The van der Waals surface area contributed by atoms with Gasteiger partial charge < -0.3 is 11.1 Å². The highest BCUT2D eigenvalue weighted by atomic mass is 32.2. The number of hydrogen-bond acceptors (Lipinski definition) is 6. The van der Waals surface area contributed by atoms with Crippen molar-refractivity contribution < 1.29 is 4.79 Å². The third kappa shape index (κ3) is 4.16. The number of thioether (sulfide) groups is 1. The van der Waals surface area contributed by atoms with Crippen LogP contribution >= 0.6 is 23.1 Å². The third-order valence-corrected chi connectivity index (χ3v) is 4.72. The van der Waals surface area contributed by atoms with E-state index in [-0.39, 0.29) is 5.91 Å². The van der Waals surface area contributed by atoms with E-state index in [2.05, 4.69) is 28.3 Å². The summed E-state index contributed by atoms with van der Waals surface area (Å²) >= 11 is 3.36. The molecule has 0 aromatic carbocycles. The van der Waals surface area contributed by atoms with Crippen molar-refractivity contribution in [2.24, 2.45) is 5.73 Å². The molecule has 3 N–H and O–H groups in total. The second-order valence-corrected chi connectivity index (χ2v) is 6.66. The minimum absolute atomic E-state index is 0.0651. The summed E-state index contributed by atoms with van der Waals surface area (Å²) in [5, 5.41) is 4.89. The molecule has 0 bridgehead atoms. The lowest BCUT2D eigenvalue weighted by molar-refractivity contribution is -0.121. The quantitative estimate of drug-likeness (QED) is 0.464. The first-order chi connectivity index (χ1) is 9.70. The zero-order valence-corrected chi connectivity index (χ0v) is 13.0. The van der Waals surface area contributed by atoms with Gasteiger partial charge >= 0.3 is 0 Å². The maximum absolute atomic E-state index is 11.4. The summed E-state index contributed by atoms with van der Waals surface area (Å²) in [5.41, 5.74) is 5.33. The fourth-order valence-corrected chi connectivity index (χ4v) is 3.60. The van der Waals surface area contributed by atoms with Gasteiger partial charge in [-0.1, -0.05) is 0 Å². The summed E-state index contributed by atoms with van der Waals surface area (Å²) in [6.07, 6.45) is 2.97. The molecule has 0 aliphatic rings. The number of aromatic nitrogens is 2. The summed E-state index contributed by atoms with van der Waals surface area (Å²) in [5.74, 6) is 0.937. The van der Waals surface area contributed by atoms with Gasteiger partial charge in [-0.3, -0.25) is 4.79 Å². The van der Waals surface area contributed by atoms with E-state index in [1.54, 1.807) is 29.4 Å². The Balaban J connectivity index is 1.82. The molecular formula is C13H18N4OS2. The minimum Gasteiger partial charge on any atom is -0.355 e. The maximum atomic E-state index is 11.4. The standard InChI is InChI=1S/C13H18N4OS2/c1-9-7-10-12(16-8-17-13(10)20-9)19-6-2-3-11(18)15-5-4-14/h7-8H,2-6,14H2,1H3,(H,15,18). The maximum Gasteiger partial charge on any atom is 0.220 e. The number of nitrogens with zero attached hydrogens (tertiary/aromatic N) is 2. The van der Waals surface area contributed by atoms with Crippen LogP contribution in [0.4, 0.5) is 0 Å². The van der Waals surface area contributed by atoms with Crippen molar-refractivity contribution in [1.82, 2.24) is 15.3 Å². The Hall–Kier alpha value is -1.18. The Morgan fingerprint density at radius 2 is 2.35 bits per heavy atom. The predicted molar refractivity (Wildman–Crippen MR) is 84.2 cm³/mol. The van der Waals surface area contributed by atoms with Crippen LogP contribution in [0.3, 0.4) is 0 Å². The molecule has 0 fully saturated rings. The third-order valence-electron chi connectivity index (χ3n) is 2.67. The Morgan fingerprint density at radius 1 is 1.50 bits per heavy atom. The molecule has 2 rings (SSSR count). The van der Waals surface area contributed by atoms with Crippen LogP contribution in [0.5, 0.6) is 0 Å². The summed E-state index contributed by atoms with van der Waals surface area (Å²) in [7, 11) is 0. The number of nitrogens with two attached hydrogens (primary N) is 1. The monoisotopic (exact) mass is 310 g/mol. The van der Waals surface area contributed by atoms with E-state index in [1.165, 1.54) is 4.88 Å². The molecule has 5 nitrogen and oxygen atoms in total. The zero-order chi connectivity index (χ0) is 14.4. The Labute approximate surface area is 126 Å². The van der Waals surface area contributed by atoms with Crippen molar-refractivity contribution in [2.75, 3.05) is 18.8 Å². The first-order valence-electron chi connectivity index (χ1n) is 6.51. The van der Waals surface area contributed by atoms with Gasteiger partial charge in [0, 0.05) is 35.5 Å². The Kier molecular flexibility index (Phi) is 5.75. The van der Waals surface area contributed by atoms with E-state index < -0.39 is 0 Å². The highest BCUT2D eigenvalue weighted by Gasteiger charge is 2.07. The highest BCUT2D eigenvalue weighted by molar-refractivity contribution is 7.99. The minimum atomic E-state index is 0.0651. The number of rotatable bonds is 7. The van der Waals surface area contributed by atoms with Gasteiger partial charge in [-0.05, 0) is 19.4 Å². The lowest BCUT2D eigenvalue weighted by atomic mass is 10.3. The van der Waals surface area contributed by atoms with Crippen molar-refractivity contribution in [3.8, 4) is 0 Å². The second kappa shape index (κ2) is 7.56. The van der Waals surface area contributed by atoms with Crippen LogP contribution in [0, 0.1) is 6.92 Å². The van der Waals surface area contributed by atoms with Gasteiger partial charge in [0.05, 0.1) is 0 Å². The average molecular weight is 310 g/mol. The lowest BCUT2D eigenvalue weighted by Crippen LogP contribution is -2.28. The van der Waals surface area contributed by atoms with Crippen LogP contribution in [-0.2, 0) is 4.79 Å². The average Bonchev–Trinajstić information content (AvgIpc) is 2.82. The van der Waals surface area contributed by atoms with Crippen molar-refractivity contribution in [3.63, 3.8) is 0 Å². The molecule has 7 heteroatoms. The Morgan fingerprint density at radius 3 is 3.15 bits per heavy atom. The first-order valence-corrected chi connectivity index (χ1v) is 8.31. The zero-order valence-electron chi connectivity index (χ0n) is 11.4. The van der Waals surface area contributed by atoms with Gasteiger partial charge in [-0.2, -0.15) is 0 Å². The van der Waals surface area contributed by atoms with E-state index >= 15 is 0 Å². The van der Waals surface area contributed by atoms with E-state index in [0.29, 0.717) is 19.5 Å². The molecule has 0 atom stereocenters. The predicted octanol–water partition coefficient (Wildman–Crippen LogP) is 1.95. The van der Waals surface area contributed by atoms with Crippen molar-refractivity contribution in [3.05, 3.63) is 17.3 Å². The van der Waals surface area contributed by atoms with Crippen LogP contribution in [0.2, 0.25) is 0 Å². The molecule has 0 saturated heterocycles. The van der Waals surface area contributed by atoms with E-state index in [4.69, 9.17) is 5.73 Å². The summed E-state index contributed by atoms with van der Waals surface area (Å²) < 4.78 is 0. The molecular weight excluding hydrogens is 292 g/mol. The largest absolute Gasteiger partial charge is 0.355 e. The molecule has 108 valence electrons. The van der Waals surface area contributed by atoms with Gasteiger partial charge in [0.1, 0.15) is 16.2 Å². The number of hydrogen-bond donors (Lipinski definition) is 2. The van der Waals surface area contributed by atoms with Gasteiger partial charge in [-0.25, -0.2) is 9.97 Å². The van der Waals surface area contributed by atoms with Gasteiger partial charge in [0.15, 0.2) is 0 Å². The molecule has 2 aromatic rings. The second-order valence-electron chi connectivity index (χ2n) is 4.35. The number of carbonyl (C=O) groups is 1. The number of fused-ring (bicyclic) bond motifs is 1. The van der Waals surface area contributed by atoms with Crippen LogP contribution < -0.4 is 11.1 Å². The number of nitrogens with one attached hydrogen (secondary N) is 1. The number of carbonyl (C=O) groups excluding carboxylic acids is 1. The molecule has 0 unspecified atom stereocenters. The molecule has 0 aliphatic heterocycles. The summed E-state index contributed by atoms with van der Waals surface area (Å²) in [6.45, 7) is 3.10. The molecule has 2 heterocycles. The topological polar surface area (TPSA) is 80.9 Å². The normalized spacial score (nSPS) is 10.9. The van der Waals surface area contributed by atoms with Crippen molar-refractivity contribution in [2.45, 2.75) is 24.8 Å².